The molecule has 3 heteroatoms. The molecule has 1 aromatic carbocycles. The minimum atomic E-state index is 0.729. The second-order valence-corrected chi connectivity index (χ2v) is 4.87. The van der Waals surface area contributed by atoms with Gasteiger partial charge < -0.3 is 9.73 Å². The van der Waals surface area contributed by atoms with E-state index in [2.05, 4.69) is 60.0 Å². The van der Waals surface area contributed by atoms with Gasteiger partial charge in [0.25, 0.3) is 0 Å². The van der Waals surface area contributed by atoms with E-state index >= 15 is 0 Å². The van der Waals surface area contributed by atoms with Gasteiger partial charge in [0, 0.05) is 5.69 Å². The molecule has 0 amide bonds. The lowest BCUT2D eigenvalue weighted by Gasteiger charge is -2.09. The molecular formula is C13H14INO. The first-order valence-corrected chi connectivity index (χ1v) is 6.29. The molecule has 1 N–H and O–H groups in total. The molecule has 0 bridgehead atoms. The lowest BCUT2D eigenvalue weighted by molar-refractivity contribution is 0.493. The van der Waals surface area contributed by atoms with Crippen molar-refractivity contribution in [3.8, 4) is 0 Å². The molecule has 0 unspecified atom stereocenters. The number of anilines is 1. The summed E-state index contributed by atoms with van der Waals surface area (Å²) in [7, 11) is 0. The molecule has 1 heterocycles. The van der Waals surface area contributed by atoms with Crippen molar-refractivity contribution in [3.05, 3.63) is 51.0 Å². The molecule has 0 aliphatic rings. The summed E-state index contributed by atoms with van der Waals surface area (Å²) >= 11 is 2.17. The Hall–Kier alpha value is -0.970. The highest BCUT2D eigenvalue weighted by Crippen LogP contribution is 2.19. The second kappa shape index (κ2) is 4.91. The number of furan rings is 1. The van der Waals surface area contributed by atoms with Crippen molar-refractivity contribution < 1.29 is 4.42 Å². The molecular weight excluding hydrogens is 313 g/mol. The molecule has 0 fully saturated rings. The molecule has 16 heavy (non-hydrogen) atoms. The first-order valence-electron chi connectivity index (χ1n) is 5.21. The van der Waals surface area contributed by atoms with E-state index in [1.54, 1.807) is 0 Å². The third-order valence-electron chi connectivity index (χ3n) is 2.69. The molecule has 84 valence electrons. The maximum atomic E-state index is 5.50. The van der Waals surface area contributed by atoms with Gasteiger partial charge >= 0.3 is 0 Å². The maximum Gasteiger partial charge on any atom is 0.164 e. The van der Waals surface area contributed by atoms with Crippen LogP contribution in [0.2, 0.25) is 0 Å². The van der Waals surface area contributed by atoms with Crippen LogP contribution >= 0.6 is 22.6 Å². The fourth-order valence-corrected chi connectivity index (χ4v) is 2.03. The summed E-state index contributed by atoms with van der Waals surface area (Å²) in [6.07, 6.45) is 0. The first-order chi connectivity index (χ1) is 7.66. The average molecular weight is 327 g/mol. The summed E-state index contributed by atoms with van der Waals surface area (Å²) in [6.45, 7) is 4.98. The maximum absolute atomic E-state index is 5.50. The molecule has 2 nitrogen and oxygen atoms in total. The van der Waals surface area contributed by atoms with Gasteiger partial charge in [-0.3, -0.25) is 0 Å². The normalized spacial score (nSPS) is 10.4. The number of nitrogens with one attached hydrogen (secondary N) is 1. The van der Waals surface area contributed by atoms with Gasteiger partial charge in [-0.25, -0.2) is 0 Å². The monoisotopic (exact) mass is 327 g/mol. The summed E-state index contributed by atoms with van der Waals surface area (Å²) < 4.78 is 6.43. The van der Waals surface area contributed by atoms with Crippen LogP contribution in [-0.4, -0.2) is 0 Å². The molecule has 2 aromatic rings. The second-order valence-electron chi connectivity index (χ2n) is 3.81. The zero-order valence-electron chi connectivity index (χ0n) is 9.38. The van der Waals surface area contributed by atoms with Crippen molar-refractivity contribution in [3.63, 3.8) is 0 Å². The Morgan fingerprint density at radius 2 is 2.00 bits per heavy atom. The first kappa shape index (κ1) is 11.5. The van der Waals surface area contributed by atoms with Crippen LogP contribution in [0.3, 0.4) is 0 Å². The fraction of sp³-hybridized carbons (Fsp3) is 0.231. The quantitative estimate of drug-likeness (QED) is 0.858. The van der Waals surface area contributed by atoms with Crippen LogP contribution in [0.4, 0.5) is 5.69 Å². The number of aryl methyl sites for hydroxylation is 1. The summed E-state index contributed by atoms with van der Waals surface area (Å²) in [5, 5.41) is 3.39. The molecule has 1 aromatic heterocycles. The Balaban J connectivity index is 2.07. The van der Waals surface area contributed by atoms with Crippen LogP contribution in [-0.2, 0) is 6.54 Å². The van der Waals surface area contributed by atoms with Crippen molar-refractivity contribution >= 4 is 28.3 Å². The predicted molar refractivity (Wildman–Crippen MR) is 74.7 cm³/mol. The summed E-state index contributed by atoms with van der Waals surface area (Å²) in [5.74, 6) is 0.963. The number of benzene rings is 1. The minimum Gasteiger partial charge on any atom is -0.454 e. The Labute approximate surface area is 109 Å². The largest absolute Gasteiger partial charge is 0.454 e. The van der Waals surface area contributed by atoms with Crippen LogP contribution < -0.4 is 5.32 Å². The summed E-state index contributed by atoms with van der Waals surface area (Å²) in [6, 6.07) is 10.3. The third-order valence-corrected chi connectivity index (χ3v) is 3.27. The predicted octanol–water partition coefficient (Wildman–Crippen LogP) is 4.11. The molecule has 0 aliphatic carbocycles. The topological polar surface area (TPSA) is 25.2 Å². The van der Waals surface area contributed by atoms with E-state index in [9.17, 15) is 0 Å². The Morgan fingerprint density at radius 1 is 1.19 bits per heavy atom. The zero-order valence-corrected chi connectivity index (χ0v) is 11.5. The number of hydrogen-bond acceptors (Lipinski definition) is 2. The molecule has 0 aliphatic heterocycles. The minimum absolute atomic E-state index is 0.729. The smallest absolute Gasteiger partial charge is 0.164 e. The Kier molecular flexibility index (Phi) is 3.53. The van der Waals surface area contributed by atoms with Crippen LogP contribution in [0.15, 0.2) is 34.7 Å². The molecule has 2 rings (SSSR count). The highest BCUT2D eigenvalue weighted by molar-refractivity contribution is 14.1. The van der Waals surface area contributed by atoms with Crippen LogP contribution in [0, 0.1) is 17.6 Å². The lowest BCUT2D eigenvalue weighted by Crippen LogP contribution is -2.00. The van der Waals surface area contributed by atoms with Gasteiger partial charge in [-0.2, -0.15) is 0 Å². The Bertz CT molecular complexity index is 490. The van der Waals surface area contributed by atoms with Crippen LogP contribution in [0.25, 0.3) is 0 Å². The van der Waals surface area contributed by atoms with E-state index in [1.807, 2.05) is 12.1 Å². The molecule has 0 radical (unpaired) electrons. The van der Waals surface area contributed by atoms with Crippen LogP contribution in [0.1, 0.15) is 16.9 Å². The van der Waals surface area contributed by atoms with E-state index in [4.69, 9.17) is 4.42 Å². The zero-order chi connectivity index (χ0) is 11.5. The van der Waals surface area contributed by atoms with Crippen molar-refractivity contribution in [2.24, 2.45) is 0 Å². The highest BCUT2D eigenvalue weighted by atomic mass is 127. The van der Waals surface area contributed by atoms with Crippen molar-refractivity contribution in [1.29, 1.82) is 0 Å². The van der Waals surface area contributed by atoms with Gasteiger partial charge in [0.1, 0.15) is 5.76 Å². The summed E-state index contributed by atoms with van der Waals surface area (Å²) in [4.78, 5) is 0. The Morgan fingerprint density at radius 3 is 2.69 bits per heavy atom. The molecule has 0 saturated carbocycles. The molecule has 0 atom stereocenters. The summed E-state index contributed by atoms with van der Waals surface area (Å²) in [5.41, 5.74) is 3.77. The number of halogens is 1. The van der Waals surface area contributed by atoms with Gasteiger partial charge in [0.2, 0.25) is 0 Å². The van der Waals surface area contributed by atoms with Crippen molar-refractivity contribution in [2.75, 3.05) is 5.32 Å². The fourth-order valence-electron chi connectivity index (χ4n) is 1.57. The molecule has 0 spiro atoms. The van der Waals surface area contributed by atoms with Crippen molar-refractivity contribution in [2.45, 2.75) is 20.4 Å². The van der Waals surface area contributed by atoms with Gasteiger partial charge in [0.05, 0.1) is 6.54 Å². The SMILES string of the molecule is Cc1cccc(NCc2ccc(I)o2)c1C. The molecule has 0 saturated heterocycles. The van der Waals surface area contributed by atoms with Gasteiger partial charge in [-0.05, 0) is 65.8 Å². The lowest BCUT2D eigenvalue weighted by atomic mass is 10.1. The third kappa shape index (κ3) is 2.58. The van der Waals surface area contributed by atoms with Gasteiger partial charge in [-0.1, -0.05) is 12.1 Å². The van der Waals surface area contributed by atoms with E-state index in [0.29, 0.717) is 0 Å². The van der Waals surface area contributed by atoms with E-state index in [1.165, 1.54) is 16.8 Å². The van der Waals surface area contributed by atoms with Gasteiger partial charge in [0.15, 0.2) is 3.77 Å². The standard InChI is InChI=1S/C13H14INO/c1-9-4-3-5-12(10(9)2)15-8-11-6-7-13(14)16-11/h3-7,15H,8H2,1-2H3. The highest BCUT2D eigenvalue weighted by Gasteiger charge is 2.02. The van der Waals surface area contributed by atoms with Gasteiger partial charge in [-0.15, -0.1) is 0 Å². The van der Waals surface area contributed by atoms with Crippen LogP contribution in [0.5, 0.6) is 0 Å². The number of rotatable bonds is 3. The average Bonchev–Trinajstić information content (AvgIpc) is 2.67. The van der Waals surface area contributed by atoms with Crippen molar-refractivity contribution in [1.82, 2.24) is 0 Å². The van der Waals surface area contributed by atoms with E-state index in [-0.39, 0.29) is 0 Å². The van der Waals surface area contributed by atoms with E-state index < -0.39 is 0 Å². The number of hydrogen-bond donors (Lipinski definition) is 1. The van der Waals surface area contributed by atoms with E-state index in [0.717, 1.165) is 16.1 Å².